The van der Waals surface area contributed by atoms with Gasteiger partial charge in [0.1, 0.15) is 5.83 Å². The van der Waals surface area contributed by atoms with Crippen molar-refractivity contribution in [2.75, 3.05) is 0 Å². The normalized spacial score (nSPS) is 11.6. The Balaban J connectivity index is 3.80. The van der Waals surface area contributed by atoms with Crippen molar-refractivity contribution < 1.29 is 4.39 Å². The summed E-state index contributed by atoms with van der Waals surface area (Å²) >= 11 is 5.30. The second kappa shape index (κ2) is 3.67. The van der Waals surface area contributed by atoms with E-state index in [1.54, 1.807) is 6.08 Å². The van der Waals surface area contributed by atoms with Crippen LogP contribution in [0.1, 0.15) is 13.3 Å². The quantitative estimate of drug-likeness (QED) is 0.510. The molecule has 0 saturated carbocycles. The largest absolute Gasteiger partial charge is 0.206 e. The molecule has 0 aromatic heterocycles. The fourth-order valence-electron chi connectivity index (χ4n) is 0.290. The molecule has 0 aliphatic rings. The van der Waals surface area contributed by atoms with E-state index < -0.39 is 5.83 Å². The molecule has 0 amide bonds. The van der Waals surface area contributed by atoms with Gasteiger partial charge in [0.2, 0.25) is 0 Å². The molecule has 0 aliphatic carbocycles. The van der Waals surface area contributed by atoms with Crippen LogP contribution < -0.4 is 0 Å². The second-order valence-electron chi connectivity index (χ2n) is 1.37. The Morgan fingerprint density at radius 2 is 2.38 bits per heavy atom. The van der Waals surface area contributed by atoms with Gasteiger partial charge in [-0.05, 0) is 6.42 Å². The second-order valence-corrected chi connectivity index (χ2v) is 1.77. The standard InChI is InChI=1S/C6H8ClF/c1-3-4-6(7)5(2)8/h4H,2-3H2,1H3/b6-4+. The summed E-state index contributed by atoms with van der Waals surface area (Å²) in [7, 11) is 0. The minimum absolute atomic E-state index is 0.118. The molecule has 0 spiro atoms. The summed E-state index contributed by atoms with van der Waals surface area (Å²) in [6.45, 7) is 4.89. The molecule has 0 fully saturated rings. The summed E-state index contributed by atoms with van der Waals surface area (Å²) in [5.41, 5.74) is 0. The monoisotopic (exact) mass is 134 g/mol. The molecule has 0 aromatic carbocycles. The van der Waals surface area contributed by atoms with Crippen molar-refractivity contribution in [3.8, 4) is 0 Å². The predicted molar refractivity (Wildman–Crippen MR) is 34.5 cm³/mol. The van der Waals surface area contributed by atoms with Crippen LogP contribution in [-0.2, 0) is 0 Å². The molecule has 0 saturated heterocycles. The van der Waals surface area contributed by atoms with E-state index in [4.69, 9.17) is 11.6 Å². The van der Waals surface area contributed by atoms with Crippen molar-refractivity contribution >= 4 is 11.6 Å². The van der Waals surface area contributed by atoms with E-state index in [2.05, 4.69) is 6.58 Å². The summed E-state index contributed by atoms with van der Waals surface area (Å²) in [6, 6.07) is 0. The topological polar surface area (TPSA) is 0 Å². The van der Waals surface area contributed by atoms with Gasteiger partial charge in [0.25, 0.3) is 0 Å². The highest BCUT2D eigenvalue weighted by atomic mass is 35.5. The minimum atomic E-state index is -0.562. The fourth-order valence-corrected chi connectivity index (χ4v) is 0.444. The van der Waals surface area contributed by atoms with E-state index >= 15 is 0 Å². The van der Waals surface area contributed by atoms with Crippen LogP contribution in [0, 0.1) is 0 Å². The van der Waals surface area contributed by atoms with Crippen LogP contribution in [0.3, 0.4) is 0 Å². The number of rotatable bonds is 2. The van der Waals surface area contributed by atoms with Crippen LogP contribution >= 0.6 is 11.6 Å². The minimum Gasteiger partial charge on any atom is -0.206 e. The van der Waals surface area contributed by atoms with Gasteiger partial charge in [-0.3, -0.25) is 0 Å². The van der Waals surface area contributed by atoms with E-state index in [0.717, 1.165) is 6.42 Å². The summed E-state index contributed by atoms with van der Waals surface area (Å²) < 4.78 is 11.9. The SMILES string of the molecule is C=C(F)/C(Cl)=C\CC. The highest BCUT2D eigenvalue weighted by Crippen LogP contribution is 2.13. The molecule has 0 N–H and O–H groups in total. The molecule has 0 heterocycles. The summed E-state index contributed by atoms with van der Waals surface area (Å²) in [5.74, 6) is -0.562. The summed E-state index contributed by atoms with van der Waals surface area (Å²) in [4.78, 5) is 0. The summed E-state index contributed by atoms with van der Waals surface area (Å²) in [5, 5.41) is 0.118. The Bertz CT molecular complexity index is 116. The van der Waals surface area contributed by atoms with Crippen molar-refractivity contribution in [2.24, 2.45) is 0 Å². The van der Waals surface area contributed by atoms with Crippen LogP contribution in [0.2, 0.25) is 0 Å². The van der Waals surface area contributed by atoms with Crippen LogP contribution in [0.15, 0.2) is 23.5 Å². The van der Waals surface area contributed by atoms with Crippen molar-refractivity contribution in [3.05, 3.63) is 23.5 Å². The van der Waals surface area contributed by atoms with Gasteiger partial charge in [0, 0.05) is 0 Å². The Morgan fingerprint density at radius 1 is 1.88 bits per heavy atom. The van der Waals surface area contributed by atoms with Crippen LogP contribution in [0.25, 0.3) is 0 Å². The van der Waals surface area contributed by atoms with E-state index in [9.17, 15) is 4.39 Å². The maximum atomic E-state index is 11.9. The molecular weight excluding hydrogens is 127 g/mol. The lowest BCUT2D eigenvalue weighted by molar-refractivity contribution is 0.666. The molecule has 0 aromatic rings. The van der Waals surface area contributed by atoms with E-state index in [-0.39, 0.29) is 5.03 Å². The Hall–Kier alpha value is -0.300. The van der Waals surface area contributed by atoms with Gasteiger partial charge in [-0.2, -0.15) is 0 Å². The van der Waals surface area contributed by atoms with Gasteiger partial charge in [0.15, 0.2) is 0 Å². The molecule has 8 heavy (non-hydrogen) atoms. The van der Waals surface area contributed by atoms with Crippen molar-refractivity contribution in [3.63, 3.8) is 0 Å². The molecular formula is C6H8ClF. The number of hydrogen-bond donors (Lipinski definition) is 0. The first kappa shape index (κ1) is 7.70. The molecule has 0 radical (unpaired) electrons. The van der Waals surface area contributed by atoms with E-state index in [1.807, 2.05) is 6.92 Å². The van der Waals surface area contributed by atoms with Crippen molar-refractivity contribution in [1.29, 1.82) is 0 Å². The average molecular weight is 135 g/mol. The lowest BCUT2D eigenvalue weighted by Gasteiger charge is -1.87. The van der Waals surface area contributed by atoms with Crippen LogP contribution in [-0.4, -0.2) is 0 Å². The number of hydrogen-bond acceptors (Lipinski definition) is 0. The van der Waals surface area contributed by atoms with Crippen molar-refractivity contribution in [2.45, 2.75) is 13.3 Å². The summed E-state index contributed by atoms with van der Waals surface area (Å²) in [6.07, 6.45) is 2.31. The van der Waals surface area contributed by atoms with Gasteiger partial charge in [0.05, 0.1) is 5.03 Å². The van der Waals surface area contributed by atoms with E-state index in [1.165, 1.54) is 0 Å². The molecule has 46 valence electrons. The lowest BCUT2D eigenvalue weighted by Crippen LogP contribution is -1.67. The average Bonchev–Trinajstić information content (AvgIpc) is 1.67. The lowest BCUT2D eigenvalue weighted by atomic mass is 10.4. The van der Waals surface area contributed by atoms with Gasteiger partial charge in [-0.15, -0.1) is 0 Å². The number of allylic oxidation sites excluding steroid dienone is 3. The first-order valence-electron chi connectivity index (χ1n) is 2.39. The fraction of sp³-hybridized carbons (Fsp3) is 0.333. The smallest absolute Gasteiger partial charge is 0.134 e. The first-order chi connectivity index (χ1) is 3.68. The third kappa shape index (κ3) is 2.80. The predicted octanol–water partition coefficient (Wildman–Crippen LogP) is 3.00. The maximum Gasteiger partial charge on any atom is 0.134 e. The van der Waals surface area contributed by atoms with Gasteiger partial charge < -0.3 is 0 Å². The number of halogens is 2. The van der Waals surface area contributed by atoms with Gasteiger partial charge >= 0.3 is 0 Å². The Kier molecular flexibility index (Phi) is 3.53. The molecule has 0 bridgehead atoms. The third-order valence-electron chi connectivity index (χ3n) is 0.642. The Labute approximate surface area is 53.7 Å². The zero-order chi connectivity index (χ0) is 6.57. The van der Waals surface area contributed by atoms with Gasteiger partial charge in [-0.1, -0.05) is 31.2 Å². The zero-order valence-corrected chi connectivity index (χ0v) is 5.50. The highest BCUT2D eigenvalue weighted by molar-refractivity contribution is 6.31. The third-order valence-corrected chi connectivity index (χ3v) is 1.00. The molecule has 2 heteroatoms. The molecule has 0 aliphatic heterocycles. The molecule has 0 atom stereocenters. The van der Waals surface area contributed by atoms with E-state index in [0.29, 0.717) is 0 Å². The van der Waals surface area contributed by atoms with Crippen LogP contribution in [0.5, 0.6) is 0 Å². The molecule has 0 rings (SSSR count). The zero-order valence-electron chi connectivity index (χ0n) is 4.75. The highest BCUT2D eigenvalue weighted by Gasteiger charge is 1.92. The van der Waals surface area contributed by atoms with Crippen molar-refractivity contribution in [1.82, 2.24) is 0 Å². The molecule has 0 unspecified atom stereocenters. The first-order valence-corrected chi connectivity index (χ1v) is 2.76. The Morgan fingerprint density at radius 3 is 2.50 bits per heavy atom. The van der Waals surface area contributed by atoms with Crippen LogP contribution in [0.4, 0.5) is 4.39 Å². The maximum absolute atomic E-state index is 11.9. The molecule has 0 nitrogen and oxygen atoms in total. The van der Waals surface area contributed by atoms with Gasteiger partial charge in [-0.25, -0.2) is 4.39 Å².